The number of hydrogen-bond donors (Lipinski definition) is 3. The fourth-order valence-corrected chi connectivity index (χ4v) is 2.01. The highest BCUT2D eigenvalue weighted by molar-refractivity contribution is 4.93. The first kappa shape index (κ1) is 9.96. The van der Waals surface area contributed by atoms with Crippen LogP contribution in [0.5, 0.6) is 0 Å². The highest BCUT2D eigenvalue weighted by Gasteiger charge is 2.41. The molecule has 0 spiro atoms. The van der Waals surface area contributed by atoms with Crippen LogP contribution in [0.25, 0.3) is 0 Å². The summed E-state index contributed by atoms with van der Waals surface area (Å²) in [5.74, 6) is 0.0911. The van der Waals surface area contributed by atoms with E-state index in [1.165, 1.54) is 0 Å². The van der Waals surface area contributed by atoms with Crippen molar-refractivity contribution in [3.63, 3.8) is 0 Å². The van der Waals surface area contributed by atoms with Crippen LogP contribution < -0.4 is 0 Å². The number of aliphatic hydroxyl groups is 3. The van der Waals surface area contributed by atoms with Crippen molar-refractivity contribution in [2.24, 2.45) is 5.92 Å². The Morgan fingerprint density at radius 3 is 2.67 bits per heavy atom. The second kappa shape index (κ2) is 3.73. The van der Waals surface area contributed by atoms with E-state index >= 15 is 0 Å². The van der Waals surface area contributed by atoms with E-state index in [2.05, 4.69) is 0 Å². The molecular formula is C9H18O3. The topological polar surface area (TPSA) is 60.7 Å². The molecule has 3 N–H and O–H groups in total. The van der Waals surface area contributed by atoms with Crippen LogP contribution in [-0.4, -0.2) is 33.6 Å². The van der Waals surface area contributed by atoms with Gasteiger partial charge in [0, 0.05) is 0 Å². The third kappa shape index (κ3) is 1.63. The molecule has 0 amide bonds. The molecule has 0 heterocycles. The second-order valence-electron chi connectivity index (χ2n) is 3.84. The van der Waals surface area contributed by atoms with Crippen LogP contribution in [0.15, 0.2) is 0 Å². The van der Waals surface area contributed by atoms with Gasteiger partial charge in [-0.1, -0.05) is 19.8 Å². The minimum absolute atomic E-state index is 0.0911. The molecule has 3 heteroatoms. The summed E-state index contributed by atoms with van der Waals surface area (Å²) >= 11 is 0. The smallest absolute Gasteiger partial charge is 0.106 e. The monoisotopic (exact) mass is 174 g/mol. The second-order valence-corrected chi connectivity index (χ2v) is 3.84. The van der Waals surface area contributed by atoms with Gasteiger partial charge in [-0.3, -0.25) is 0 Å². The average Bonchev–Trinajstić information content (AvgIpc) is 2.09. The van der Waals surface area contributed by atoms with Gasteiger partial charge in [-0.2, -0.15) is 0 Å². The summed E-state index contributed by atoms with van der Waals surface area (Å²) in [6.07, 6.45) is 2.62. The van der Waals surface area contributed by atoms with Gasteiger partial charge in [-0.15, -0.1) is 0 Å². The molecule has 1 aliphatic rings. The first-order chi connectivity index (χ1) is 5.61. The molecule has 72 valence electrons. The zero-order valence-corrected chi connectivity index (χ0v) is 7.53. The van der Waals surface area contributed by atoms with E-state index in [-0.39, 0.29) is 12.5 Å². The van der Waals surface area contributed by atoms with Crippen molar-refractivity contribution in [2.75, 3.05) is 6.61 Å². The van der Waals surface area contributed by atoms with Crippen LogP contribution in [0.4, 0.5) is 0 Å². The van der Waals surface area contributed by atoms with Gasteiger partial charge in [0.05, 0.1) is 12.2 Å². The van der Waals surface area contributed by atoms with Gasteiger partial charge in [0.25, 0.3) is 0 Å². The van der Waals surface area contributed by atoms with Crippen LogP contribution in [0.3, 0.4) is 0 Å². The Labute approximate surface area is 73.0 Å². The molecule has 1 saturated carbocycles. The Hall–Kier alpha value is -0.120. The maximum Gasteiger partial charge on any atom is 0.106 e. The predicted molar refractivity (Wildman–Crippen MR) is 45.7 cm³/mol. The molecule has 0 aliphatic heterocycles. The van der Waals surface area contributed by atoms with E-state index in [4.69, 9.17) is 5.11 Å². The minimum Gasteiger partial charge on any atom is -0.394 e. The van der Waals surface area contributed by atoms with Gasteiger partial charge in [0.15, 0.2) is 0 Å². The molecule has 0 unspecified atom stereocenters. The van der Waals surface area contributed by atoms with Crippen LogP contribution in [-0.2, 0) is 0 Å². The Morgan fingerprint density at radius 2 is 2.17 bits per heavy atom. The summed E-state index contributed by atoms with van der Waals surface area (Å²) in [7, 11) is 0. The third-order valence-corrected chi connectivity index (χ3v) is 3.07. The van der Waals surface area contributed by atoms with Crippen molar-refractivity contribution >= 4 is 0 Å². The van der Waals surface area contributed by atoms with Gasteiger partial charge in [0.2, 0.25) is 0 Å². The molecule has 12 heavy (non-hydrogen) atoms. The normalized spacial score (nSPS) is 39.5. The summed E-state index contributed by atoms with van der Waals surface area (Å²) in [6, 6.07) is 0. The fraction of sp³-hybridized carbons (Fsp3) is 1.00. The van der Waals surface area contributed by atoms with Gasteiger partial charge >= 0.3 is 0 Å². The van der Waals surface area contributed by atoms with E-state index < -0.39 is 11.7 Å². The summed E-state index contributed by atoms with van der Waals surface area (Å²) in [5.41, 5.74) is -1.05. The summed E-state index contributed by atoms with van der Waals surface area (Å²) in [4.78, 5) is 0. The molecule has 1 aliphatic carbocycles. The van der Waals surface area contributed by atoms with Crippen molar-refractivity contribution in [3.05, 3.63) is 0 Å². The Bertz CT molecular complexity index is 143. The lowest BCUT2D eigenvalue weighted by Crippen LogP contribution is -2.51. The predicted octanol–water partition coefficient (Wildman–Crippen LogP) is 0.281. The summed E-state index contributed by atoms with van der Waals surface area (Å²) < 4.78 is 0. The molecule has 3 nitrogen and oxygen atoms in total. The first-order valence-corrected chi connectivity index (χ1v) is 4.62. The van der Waals surface area contributed by atoms with Crippen molar-refractivity contribution < 1.29 is 15.3 Å². The van der Waals surface area contributed by atoms with Crippen LogP contribution in [0.2, 0.25) is 0 Å². The lowest BCUT2D eigenvalue weighted by molar-refractivity contribution is -0.142. The lowest BCUT2D eigenvalue weighted by Gasteiger charge is -2.40. The zero-order valence-electron chi connectivity index (χ0n) is 7.53. The summed E-state index contributed by atoms with van der Waals surface area (Å²) in [5, 5.41) is 28.2. The SMILES string of the molecule is C[C@@H]1CCCC[C@]1(O)[C@@H](O)CO. The lowest BCUT2D eigenvalue weighted by atomic mass is 9.73. The first-order valence-electron chi connectivity index (χ1n) is 4.62. The van der Waals surface area contributed by atoms with E-state index in [9.17, 15) is 10.2 Å². The molecule has 0 radical (unpaired) electrons. The fourth-order valence-electron chi connectivity index (χ4n) is 2.01. The maximum absolute atomic E-state index is 10.00. The van der Waals surface area contributed by atoms with Gasteiger partial charge < -0.3 is 15.3 Å². The molecule has 0 bridgehead atoms. The molecule has 3 atom stereocenters. The molecule has 0 aromatic rings. The van der Waals surface area contributed by atoms with Crippen molar-refractivity contribution in [1.29, 1.82) is 0 Å². The van der Waals surface area contributed by atoms with E-state index in [0.717, 1.165) is 19.3 Å². The minimum atomic E-state index is -1.05. The van der Waals surface area contributed by atoms with Crippen molar-refractivity contribution in [3.8, 4) is 0 Å². The maximum atomic E-state index is 10.00. The summed E-state index contributed by atoms with van der Waals surface area (Å²) in [6.45, 7) is 1.58. The van der Waals surface area contributed by atoms with Gasteiger partial charge in [0.1, 0.15) is 6.10 Å². The average molecular weight is 174 g/mol. The molecule has 0 aromatic heterocycles. The van der Waals surface area contributed by atoms with E-state index in [1.54, 1.807) is 0 Å². The van der Waals surface area contributed by atoms with Crippen molar-refractivity contribution in [1.82, 2.24) is 0 Å². The standard InChI is InChI=1S/C9H18O3/c1-7-4-2-3-5-9(7,12)8(11)6-10/h7-8,10-12H,2-6H2,1H3/t7-,8+,9-/m1/s1. The molecule has 1 rings (SSSR count). The molecule has 0 aromatic carbocycles. The van der Waals surface area contributed by atoms with E-state index in [1.807, 2.05) is 6.92 Å². The Morgan fingerprint density at radius 1 is 1.50 bits per heavy atom. The Balaban J connectivity index is 2.65. The van der Waals surface area contributed by atoms with Crippen LogP contribution in [0.1, 0.15) is 32.6 Å². The zero-order chi connectivity index (χ0) is 9.19. The Kier molecular flexibility index (Phi) is 3.09. The third-order valence-electron chi connectivity index (χ3n) is 3.07. The van der Waals surface area contributed by atoms with Crippen LogP contribution in [0, 0.1) is 5.92 Å². The number of aliphatic hydroxyl groups excluding tert-OH is 2. The quantitative estimate of drug-likeness (QED) is 0.563. The molecule has 1 fully saturated rings. The molecule has 0 saturated heterocycles. The largest absolute Gasteiger partial charge is 0.394 e. The van der Waals surface area contributed by atoms with Crippen LogP contribution >= 0.6 is 0 Å². The van der Waals surface area contributed by atoms with Crippen molar-refractivity contribution in [2.45, 2.75) is 44.3 Å². The number of hydrogen-bond acceptors (Lipinski definition) is 3. The van der Waals surface area contributed by atoms with E-state index in [0.29, 0.717) is 6.42 Å². The van der Waals surface area contributed by atoms with Gasteiger partial charge in [-0.25, -0.2) is 0 Å². The molecular weight excluding hydrogens is 156 g/mol. The van der Waals surface area contributed by atoms with Gasteiger partial charge in [-0.05, 0) is 18.8 Å². The number of rotatable bonds is 2. The highest BCUT2D eigenvalue weighted by atomic mass is 16.4. The highest BCUT2D eigenvalue weighted by Crippen LogP contribution is 2.35.